The highest BCUT2D eigenvalue weighted by Gasteiger charge is 2.17. The molecule has 0 aliphatic carbocycles. The van der Waals surface area contributed by atoms with E-state index in [1.54, 1.807) is 12.1 Å². The first-order valence-electron chi connectivity index (χ1n) is 6.27. The van der Waals surface area contributed by atoms with Gasteiger partial charge >= 0.3 is 0 Å². The fourth-order valence-electron chi connectivity index (χ4n) is 1.88. The van der Waals surface area contributed by atoms with Crippen molar-refractivity contribution in [2.75, 3.05) is 11.8 Å². The van der Waals surface area contributed by atoms with Crippen molar-refractivity contribution in [3.8, 4) is 5.75 Å². The van der Waals surface area contributed by atoms with Crippen LogP contribution in [0.3, 0.4) is 0 Å². The third-order valence-corrected chi connectivity index (χ3v) is 5.27. The molecule has 0 amide bonds. The zero-order chi connectivity index (χ0) is 15.6. The Kier molecular flexibility index (Phi) is 4.58. The second-order valence-corrected chi connectivity index (χ2v) is 7.19. The van der Waals surface area contributed by atoms with Gasteiger partial charge in [-0.25, -0.2) is 8.42 Å². The summed E-state index contributed by atoms with van der Waals surface area (Å²) >= 11 is 3.29. The molecule has 0 aliphatic rings. The van der Waals surface area contributed by atoms with Gasteiger partial charge in [-0.05, 0) is 65.2 Å². The Balaban J connectivity index is 2.39. The third kappa shape index (κ3) is 3.39. The maximum absolute atomic E-state index is 12.4. The van der Waals surface area contributed by atoms with Crippen molar-refractivity contribution < 1.29 is 13.2 Å². The lowest BCUT2D eigenvalue weighted by Crippen LogP contribution is -2.14. The molecule has 0 fully saturated rings. The van der Waals surface area contributed by atoms with Gasteiger partial charge in [-0.15, -0.1) is 0 Å². The van der Waals surface area contributed by atoms with Gasteiger partial charge in [0, 0.05) is 0 Å². The van der Waals surface area contributed by atoms with Gasteiger partial charge in [0.15, 0.2) is 0 Å². The first-order chi connectivity index (χ1) is 9.85. The van der Waals surface area contributed by atoms with Crippen molar-refractivity contribution in [2.45, 2.75) is 18.7 Å². The molecule has 4 nitrogen and oxygen atoms in total. The number of hydrogen-bond acceptors (Lipinski definition) is 3. The summed E-state index contributed by atoms with van der Waals surface area (Å²) in [5, 5.41) is 0. The van der Waals surface area contributed by atoms with Gasteiger partial charge in [0.25, 0.3) is 10.0 Å². The maximum atomic E-state index is 12.4. The molecule has 0 bridgehead atoms. The minimum atomic E-state index is -3.64. The Morgan fingerprint density at radius 3 is 2.48 bits per heavy atom. The predicted molar refractivity (Wildman–Crippen MR) is 87.4 cm³/mol. The lowest BCUT2D eigenvalue weighted by atomic mass is 10.1. The van der Waals surface area contributed by atoms with E-state index in [1.165, 1.54) is 19.2 Å². The van der Waals surface area contributed by atoms with Crippen LogP contribution in [0.4, 0.5) is 5.69 Å². The van der Waals surface area contributed by atoms with Gasteiger partial charge < -0.3 is 4.74 Å². The van der Waals surface area contributed by atoms with E-state index in [2.05, 4.69) is 20.7 Å². The van der Waals surface area contributed by atoms with Crippen LogP contribution in [0.2, 0.25) is 0 Å². The molecule has 0 atom stereocenters. The molecular formula is C15H16BrNO3S. The van der Waals surface area contributed by atoms with Crippen LogP contribution in [0.5, 0.6) is 5.75 Å². The van der Waals surface area contributed by atoms with Crippen molar-refractivity contribution in [3.05, 3.63) is 52.0 Å². The zero-order valence-electron chi connectivity index (χ0n) is 12.0. The van der Waals surface area contributed by atoms with E-state index in [4.69, 9.17) is 4.74 Å². The summed E-state index contributed by atoms with van der Waals surface area (Å²) in [6, 6.07) is 10.2. The maximum Gasteiger partial charge on any atom is 0.261 e. The van der Waals surface area contributed by atoms with Gasteiger partial charge in [0.2, 0.25) is 0 Å². The largest absolute Gasteiger partial charge is 0.496 e. The van der Waals surface area contributed by atoms with E-state index in [-0.39, 0.29) is 4.90 Å². The van der Waals surface area contributed by atoms with Gasteiger partial charge in [-0.1, -0.05) is 12.1 Å². The van der Waals surface area contributed by atoms with Crippen LogP contribution < -0.4 is 9.46 Å². The van der Waals surface area contributed by atoms with Gasteiger partial charge in [0.05, 0.1) is 22.2 Å². The minimum absolute atomic E-state index is 0.177. The predicted octanol–water partition coefficient (Wildman–Crippen LogP) is 3.88. The number of ether oxygens (including phenoxy) is 1. The van der Waals surface area contributed by atoms with E-state index < -0.39 is 10.0 Å². The van der Waals surface area contributed by atoms with Crippen molar-refractivity contribution in [1.29, 1.82) is 0 Å². The molecule has 0 spiro atoms. The topological polar surface area (TPSA) is 55.4 Å². The quantitative estimate of drug-likeness (QED) is 0.889. The lowest BCUT2D eigenvalue weighted by Gasteiger charge is -2.13. The van der Waals surface area contributed by atoms with E-state index in [0.717, 1.165) is 11.1 Å². The van der Waals surface area contributed by atoms with Crippen LogP contribution in [0.1, 0.15) is 11.1 Å². The standard InChI is InChI=1S/C15H16BrNO3S/c1-10-5-4-6-14(11(10)2)17-21(18,19)12-7-8-15(20-3)13(16)9-12/h4-9,17H,1-3H3. The van der Waals surface area contributed by atoms with Gasteiger partial charge in [-0.2, -0.15) is 0 Å². The van der Waals surface area contributed by atoms with E-state index in [0.29, 0.717) is 15.9 Å². The average molecular weight is 370 g/mol. The molecule has 0 aliphatic heterocycles. The molecule has 0 unspecified atom stereocenters. The fraction of sp³-hybridized carbons (Fsp3) is 0.200. The zero-order valence-corrected chi connectivity index (χ0v) is 14.4. The summed E-state index contributed by atoms with van der Waals surface area (Å²) in [6.45, 7) is 3.83. The summed E-state index contributed by atoms with van der Waals surface area (Å²) < 4.78 is 33.2. The van der Waals surface area contributed by atoms with Gasteiger partial charge in [-0.3, -0.25) is 4.72 Å². The monoisotopic (exact) mass is 369 g/mol. The number of hydrogen-bond donors (Lipinski definition) is 1. The van der Waals surface area contributed by atoms with Crippen LogP contribution in [0.25, 0.3) is 0 Å². The number of sulfonamides is 1. The molecule has 6 heteroatoms. The highest BCUT2D eigenvalue weighted by molar-refractivity contribution is 9.10. The average Bonchev–Trinajstić information content (AvgIpc) is 2.43. The number of aryl methyl sites for hydroxylation is 1. The van der Waals surface area contributed by atoms with Crippen LogP contribution in [0.15, 0.2) is 45.8 Å². The molecule has 112 valence electrons. The summed E-state index contributed by atoms with van der Waals surface area (Å²) in [5.74, 6) is 0.584. The Morgan fingerprint density at radius 2 is 1.86 bits per heavy atom. The smallest absolute Gasteiger partial charge is 0.261 e. The molecule has 1 N–H and O–H groups in total. The first-order valence-corrected chi connectivity index (χ1v) is 8.55. The van der Waals surface area contributed by atoms with Crippen LogP contribution in [-0.2, 0) is 10.0 Å². The second kappa shape index (κ2) is 6.07. The SMILES string of the molecule is COc1ccc(S(=O)(=O)Nc2cccc(C)c2C)cc1Br. The summed E-state index contributed by atoms with van der Waals surface area (Å²) in [6.07, 6.45) is 0. The Labute approximate surface area is 133 Å². The van der Waals surface area contributed by atoms with Crippen LogP contribution >= 0.6 is 15.9 Å². The molecule has 0 saturated heterocycles. The molecule has 0 aromatic heterocycles. The number of methoxy groups -OCH3 is 1. The second-order valence-electron chi connectivity index (χ2n) is 4.65. The summed E-state index contributed by atoms with van der Waals surface area (Å²) in [7, 11) is -2.11. The van der Waals surface area contributed by atoms with Crippen LogP contribution in [0, 0.1) is 13.8 Å². The molecule has 2 aromatic carbocycles. The minimum Gasteiger partial charge on any atom is -0.496 e. The van der Waals surface area contributed by atoms with Gasteiger partial charge in [0.1, 0.15) is 5.75 Å². The first kappa shape index (κ1) is 15.9. The van der Waals surface area contributed by atoms with Crippen molar-refractivity contribution >= 4 is 31.6 Å². The Morgan fingerprint density at radius 1 is 1.14 bits per heavy atom. The van der Waals surface area contributed by atoms with E-state index >= 15 is 0 Å². The van der Waals surface area contributed by atoms with Crippen molar-refractivity contribution in [1.82, 2.24) is 0 Å². The number of benzene rings is 2. The van der Waals surface area contributed by atoms with Crippen molar-refractivity contribution in [2.24, 2.45) is 0 Å². The molecule has 21 heavy (non-hydrogen) atoms. The van der Waals surface area contributed by atoms with Crippen molar-refractivity contribution in [3.63, 3.8) is 0 Å². The normalized spacial score (nSPS) is 11.2. The number of anilines is 1. The molecule has 2 aromatic rings. The third-order valence-electron chi connectivity index (χ3n) is 3.28. The highest BCUT2D eigenvalue weighted by Crippen LogP contribution is 2.29. The molecule has 0 heterocycles. The number of rotatable bonds is 4. The lowest BCUT2D eigenvalue weighted by molar-refractivity contribution is 0.411. The van der Waals surface area contributed by atoms with E-state index in [9.17, 15) is 8.42 Å². The highest BCUT2D eigenvalue weighted by atomic mass is 79.9. The molecule has 0 saturated carbocycles. The molecule has 2 rings (SSSR count). The molecule has 0 radical (unpaired) electrons. The Hall–Kier alpha value is -1.53. The fourth-order valence-corrected chi connectivity index (χ4v) is 3.72. The molecular weight excluding hydrogens is 354 g/mol. The Bertz CT molecular complexity index is 772. The number of nitrogens with one attached hydrogen (secondary N) is 1. The summed E-state index contributed by atoms with van der Waals surface area (Å²) in [4.78, 5) is 0.177. The van der Waals surface area contributed by atoms with Crippen LogP contribution in [-0.4, -0.2) is 15.5 Å². The summed E-state index contributed by atoms with van der Waals surface area (Å²) in [5.41, 5.74) is 2.53. The van der Waals surface area contributed by atoms with E-state index in [1.807, 2.05) is 26.0 Å². The number of halogens is 1.